The summed E-state index contributed by atoms with van der Waals surface area (Å²) in [6.07, 6.45) is 0.829. The van der Waals surface area contributed by atoms with Crippen LogP contribution >= 0.6 is 0 Å². The van der Waals surface area contributed by atoms with Crippen molar-refractivity contribution in [1.29, 1.82) is 0 Å². The number of carbonyl (C=O) groups excluding carboxylic acids is 1. The summed E-state index contributed by atoms with van der Waals surface area (Å²) >= 11 is 0. The number of hydrogen-bond acceptors (Lipinski definition) is 5. The molecule has 1 aromatic heterocycles. The van der Waals surface area contributed by atoms with Gasteiger partial charge in [-0.3, -0.25) is 4.79 Å². The lowest BCUT2D eigenvalue weighted by atomic mass is 10.2. The molecule has 0 aromatic carbocycles. The van der Waals surface area contributed by atoms with Crippen molar-refractivity contribution in [2.24, 2.45) is 0 Å². The van der Waals surface area contributed by atoms with E-state index in [2.05, 4.69) is 15.0 Å². The molecule has 1 fully saturated rings. The maximum atomic E-state index is 11.8. The van der Waals surface area contributed by atoms with Crippen LogP contribution in [-0.2, 0) is 0 Å². The van der Waals surface area contributed by atoms with Crippen molar-refractivity contribution < 1.29 is 14.4 Å². The van der Waals surface area contributed by atoms with Crippen LogP contribution in [0.25, 0.3) is 0 Å². The lowest BCUT2D eigenvalue weighted by Crippen LogP contribution is -2.44. The summed E-state index contributed by atoms with van der Waals surface area (Å²) in [4.78, 5) is 13.3. The molecular formula is C9H13N3O3. The van der Waals surface area contributed by atoms with Crippen LogP contribution in [-0.4, -0.2) is 53.4 Å². The van der Waals surface area contributed by atoms with E-state index in [0.717, 1.165) is 0 Å². The fourth-order valence-corrected chi connectivity index (χ4v) is 1.70. The minimum Gasteiger partial charge on any atom is -0.390 e. The Hall–Kier alpha value is -1.40. The molecule has 15 heavy (non-hydrogen) atoms. The molecule has 82 valence electrons. The highest BCUT2D eigenvalue weighted by Crippen LogP contribution is 2.10. The standard InChI is InChI=1S/C9H13N3O3/c1-12(7-4-10-5-8(7)13)9(14)6-2-3-15-11-6/h2-3,7-8,10,13H,4-5H2,1H3/t7-,8-/m1/s1. The van der Waals surface area contributed by atoms with Crippen LogP contribution in [0.5, 0.6) is 0 Å². The van der Waals surface area contributed by atoms with Gasteiger partial charge in [-0.25, -0.2) is 0 Å². The van der Waals surface area contributed by atoms with Crippen LogP contribution < -0.4 is 5.32 Å². The molecule has 1 aliphatic heterocycles. The van der Waals surface area contributed by atoms with E-state index in [1.54, 1.807) is 7.05 Å². The molecule has 2 rings (SSSR count). The van der Waals surface area contributed by atoms with Crippen LogP contribution in [0.3, 0.4) is 0 Å². The van der Waals surface area contributed by atoms with E-state index < -0.39 is 6.10 Å². The first-order valence-electron chi connectivity index (χ1n) is 4.76. The SMILES string of the molecule is CN(C(=O)c1ccon1)[C@@H]1CNC[C@H]1O. The van der Waals surface area contributed by atoms with Crippen molar-refractivity contribution in [3.63, 3.8) is 0 Å². The van der Waals surface area contributed by atoms with Gasteiger partial charge in [0.1, 0.15) is 6.26 Å². The Balaban J connectivity index is 2.07. The highest BCUT2D eigenvalue weighted by atomic mass is 16.5. The maximum absolute atomic E-state index is 11.8. The second-order valence-electron chi connectivity index (χ2n) is 3.59. The topological polar surface area (TPSA) is 78.6 Å². The summed E-state index contributed by atoms with van der Waals surface area (Å²) in [7, 11) is 1.65. The Bertz CT molecular complexity index is 338. The second kappa shape index (κ2) is 4.00. The zero-order chi connectivity index (χ0) is 10.8. The van der Waals surface area contributed by atoms with Gasteiger partial charge in [0.15, 0.2) is 5.69 Å². The van der Waals surface area contributed by atoms with Gasteiger partial charge in [0.05, 0.1) is 12.1 Å². The first-order valence-corrected chi connectivity index (χ1v) is 4.76. The molecule has 0 bridgehead atoms. The van der Waals surface area contributed by atoms with E-state index in [4.69, 9.17) is 0 Å². The molecule has 0 unspecified atom stereocenters. The van der Waals surface area contributed by atoms with E-state index >= 15 is 0 Å². The van der Waals surface area contributed by atoms with Crippen LogP contribution in [0.1, 0.15) is 10.5 Å². The predicted molar refractivity (Wildman–Crippen MR) is 51.3 cm³/mol. The largest absolute Gasteiger partial charge is 0.390 e. The predicted octanol–water partition coefficient (Wildman–Crippen LogP) is -0.921. The number of rotatable bonds is 2. The van der Waals surface area contributed by atoms with Crippen molar-refractivity contribution in [1.82, 2.24) is 15.4 Å². The van der Waals surface area contributed by atoms with E-state index in [1.165, 1.54) is 17.2 Å². The van der Waals surface area contributed by atoms with Gasteiger partial charge >= 0.3 is 0 Å². The molecule has 0 aliphatic carbocycles. The number of likely N-dealkylation sites (N-methyl/N-ethyl adjacent to an activating group) is 1. The summed E-state index contributed by atoms with van der Waals surface area (Å²) in [6, 6.07) is 1.31. The molecule has 1 aromatic rings. The number of amides is 1. The van der Waals surface area contributed by atoms with Crippen molar-refractivity contribution in [3.8, 4) is 0 Å². The van der Waals surface area contributed by atoms with Gasteiger partial charge in [-0.1, -0.05) is 5.16 Å². The molecule has 0 spiro atoms. The average Bonchev–Trinajstić information content (AvgIpc) is 2.85. The Morgan fingerprint density at radius 3 is 3.07 bits per heavy atom. The lowest BCUT2D eigenvalue weighted by Gasteiger charge is -2.25. The number of hydrogen-bond donors (Lipinski definition) is 2. The average molecular weight is 211 g/mol. The van der Waals surface area contributed by atoms with E-state index in [0.29, 0.717) is 13.1 Å². The van der Waals surface area contributed by atoms with Gasteiger partial charge in [0.25, 0.3) is 5.91 Å². The minimum absolute atomic E-state index is 0.200. The molecule has 2 atom stereocenters. The van der Waals surface area contributed by atoms with Gasteiger partial charge < -0.3 is 19.8 Å². The number of aliphatic hydroxyl groups excluding tert-OH is 1. The summed E-state index contributed by atoms with van der Waals surface area (Å²) in [5, 5.41) is 16.2. The van der Waals surface area contributed by atoms with Crippen molar-refractivity contribution in [2.45, 2.75) is 12.1 Å². The summed E-state index contributed by atoms with van der Waals surface area (Å²) in [5.41, 5.74) is 0.261. The highest BCUT2D eigenvalue weighted by Gasteiger charge is 2.32. The van der Waals surface area contributed by atoms with Crippen molar-refractivity contribution in [2.75, 3.05) is 20.1 Å². The first kappa shape index (κ1) is 10.1. The summed E-state index contributed by atoms with van der Waals surface area (Å²) < 4.78 is 4.60. The number of carbonyl (C=O) groups is 1. The lowest BCUT2D eigenvalue weighted by molar-refractivity contribution is 0.0572. The fourth-order valence-electron chi connectivity index (χ4n) is 1.70. The monoisotopic (exact) mass is 211 g/mol. The molecule has 6 heteroatoms. The van der Waals surface area contributed by atoms with Crippen LogP contribution in [0.4, 0.5) is 0 Å². The number of aliphatic hydroxyl groups is 1. The van der Waals surface area contributed by atoms with Crippen molar-refractivity contribution >= 4 is 5.91 Å². The first-order chi connectivity index (χ1) is 7.20. The molecule has 6 nitrogen and oxygen atoms in total. The van der Waals surface area contributed by atoms with Gasteiger partial charge in [-0.2, -0.15) is 0 Å². The second-order valence-corrected chi connectivity index (χ2v) is 3.59. The van der Waals surface area contributed by atoms with Crippen LogP contribution in [0.2, 0.25) is 0 Å². The molecule has 1 aliphatic rings. The Labute approximate surface area is 86.8 Å². The molecule has 1 saturated heterocycles. The molecule has 0 saturated carbocycles. The smallest absolute Gasteiger partial charge is 0.276 e. The Kier molecular flexibility index (Phi) is 2.70. The molecule has 2 heterocycles. The summed E-state index contributed by atoms with van der Waals surface area (Å²) in [6.45, 7) is 1.11. The quantitative estimate of drug-likeness (QED) is 0.661. The maximum Gasteiger partial charge on any atom is 0.276 e. The van der Waals surface area contributed by atoms with Gasteiger partial charge in [0.2, 0.25) is 0 Å². The number of aromatic nitrogens is 1. The molecule has 0 radical (unpaired) electrons. The van der Waals surface area contributed by atoms with Gasteiger partial charge in [-0.15, -0.1) is 0 Å². The fraction of sp³-hybridized carbons (Fsp3) is 0.556. The number of nitrogens with zero attached hydrogens (tertiary/aromatic N) is 2. The molecular weight excluding hydrogens is 198 g/mol. The van der Waals surface area contributed by atoms with E-state index in [-0.39, 0.29) is 17.6 Å². The third kappa shape index (κ3) is 1.86. The van der Waals surface area contributed by atoms with E-state index in [1.807, 2.05) is 0 Å². The van der Waals surface area contributed by atoms with Gasteiger partial charge in [0, 0.05) is 26.2 Å². The van der Waals surface area contributed by atoms with Gasteiger partial charge in [-0.05, 0) is 0 Å². The minimum atomic E-state index is -0.522. The Morgan fingerprint density at radius 2 is 2.53 bits per heavy atom. The van der Waals surface area contributed by atoms with E-state index in [9.17, 15) is 9.90 Å². The molecule has 1 amide bonds. The normalized spacial score (nSPS) is 25.5. The zero-order valence-corrected chi connectivity index (χ0v) is 8.38. The molecule has 2 N–H and O–H groups in total. The number of β-amino-alcohol motifs (C(OH)–C–C–N with tert-alkyl or cyclic N) is 1. The van der Waals surface area contributed by atoms with Crippen LogP contribution in [0, 0.1) is 0 Å². The van der Waals surface area contributed by atoms with Crippen LogP contribution in [0.15, 0.2) is 16.9 Å². The Morgan fingerprint density at radius 1 is 1.73 bits per heavy atom. The third-order valence-electron chi connectivity index (χ3n) is 2.63. The zero-order valence-electron chi connectivity index (χ0n) is 8.38. The van der Waals surface area contributed by atoms with Crippen molar-refractivity contribution in [3.05, 3.63) is 18.0 Å². The third-order valence-corrected chi connectivity index (χ3v) is 2.63. The highest BCUT2D eigenvalue weighted by molar-refractivity contribution is 5.92. The number of nitrogens with one attached hydrogen (secondary N) is 1. The summed E-state index contributed by atoms with van der Waals surface area (Å²) in [5.74, 6) is -0.239.